The number of halogens is 4. The van der Waals surface area contributed by atoms with Crippen molar-refractivity contribution in [1.82, 2.24) is 10.3 Å². The maximum absolute atomic E-state index is 13.3. The largest absolute Gasteiger partial charge is 0.344 e. The van der Waals surface area contributed by atoms with E-state index in [-0.39, 0.29) is 11.3 Å². The highest BCUT2D eigenvalue weighted by Crippen LogP contribution is 2.27. The number of hydrogen-bond acceptors (Lipinski definition) is 2. The Morgan fingerprint density at radius 3 is 2.75 bits per heavy atom. The summed E-state index contributed by atoms with van der Waals surface area (Å²) < 4.78 is 39.5. The summed E-state index contributed by atoms with van der Waals surface area (Å²) in [5.74, 6) is -1.59. The molecular weight excluding hydrogens is 241 g/mol. The molecule has 1 aromatic rings. The fraction of sp³-hybridized carbons (Fsp3) is 0.100. The van der Waals surface area contributed by atoms with Crippen LogP contribution < -0.4 is 5.32 Å². The van der Waals surface area contributed by atoms with Crippen LogP contribution in [0.15, 0.2) is 30.5 Å². The lowest BCUT2D eigenvalue weighted by molar-refractivity contribution is 0.311. The van der Waals surface area contributed by atoms with E-state index in [1.807, 2.05) is 0 Å². The van der Waals surface area contributed by atoms with Gasteiger partial charge >= 0.3 is 0 Å². The van der Waals surface area contributed by atoms with E-state index in [1.165, 1.54) is 12.3 Å². The Hall–Kier alpha value is -1.49. The molecule has 0 aromatic carbocycles. The van der Waals surface area contributed by atoms with Crippen LogP contribution in [0.3, 0.4) is 0 Å². The topological polar surface area (TPSA) is 24.9 Å². The van der Waals surface area contributed by atoms with E-state index in [0.29, 0.717) is 0 Å². The van der Waals surface area contributed by atoms with E-state index >= 15 is 0 Å². The van der Waals surface area contributed by atoms with Gasteiger partial charge in [-0.2, -0.15) is 8.78 Å². The van der Waals surface area contributed by atoms with Crippen LogP contribution in [0.25, 0.3) is 5.57 Å². The Morgan fingerprint density at radius 2 is 2.06 bits per heavy atom. The van der Waals surface area contributed by atoms with Crippen LogP contribution >= 0.6 is 11.6 Å². The minimum absolute atomic E-state index is 0.0771. The lowest BCUT2D eigenvalue weighted by Gasteiger charge is -2.19. The first-order valence-corrected chi connectivity index (χ1v) is 4.73. The smallest absolute Gasteiger partial charge is 0.275 e. The molecule has 1 N–H and O–H groups in total. The quantitative estimate of drug-likeness (QED) is 0.468. The van der Waals surface area contributed by atoms with Crippen LogP contribution in [-0.4, -0.2) is 10.2 Å². The lowest BCUT2D eigenvalue weighted by Crippen LogP contribution is -2.30. The van der Waals surface area contributed by atoms with Gasteiger partial charge in [0.25, 0.3) is 5.25 Å². The summed E-state index contributed by atoms with van der Waals surface area (Å²) in [5.41, 5.74) is -0.200. The van der Waals surface area contributed by atoms with Crippen LogP contribution in [0.2, 0.25) is 0 Å². The molecule has 2 rings (SSSR count). The molecular formula is C10H6ClF3N2. The Balaban J connectivity index is 2.48. The molecule has 1 unspecified atom stereocenters. The number of hydrogen-bond donors (Lipinski definition) is 1. The third-order valence-electron chi connectivity index (χ3n) is 1.96. The van der Waals surface area contributed by atoms with Crippen molar-refractivity contribution in [2.24, 2.45) is 0 Å². The minimum Gasteiger partial charge on any atom is -0.344 e. The number of dihydropyridines is 1. The van der Waals surface area contributed by atoms with E-state index < -0.39 is 17.0 Å². The first-order valence-electron chi connectivity index (χ1n) is 4.35. The second-order valence-corrected chi connectivity index (χ2v) is 3.71. The number of pyridine rings is 1. The molecule has 2 heterocycles. The third-order valence-corrected chi connectivity index (χ3v) is 2.18. The highest BCUT2D eigenvalue weighted by Gasteiger charge is 2.26. The average molecular weight is 247 g/mol. The number of nitrogens with zero attached hydrogens (tertiary/aromatic N) is 1. The minimum atomic E-state index is -2.31. The molecule has 0 bridgehead atoms. The van der Waals surface area contributed by atoms with Gasteiger partial charge in [0.15, 0.2) is 0 Å². The number of aromatic nitrogens is 1. The molecule has 0 radical (unpaired) electrons. The number of nitrogens with one attached hydrogen (secondary N) is 1. The summed E-state index contributed by atoms with van der Waals surface area (Å²) in [6.07, 6.45) is 3.47. The Labute approximate surface area is 94.4 Å². The van der Waals surface area contributed by atoms with Crippen LogP contribution in [-0.2, 0) is 0 Å². The monoisotopic (exact) mass is 246 g/mol. The average Bonchev–Trinajstić information content (AvgIpc) is 2.20. The maximum atomic E-state index is 13.3. The van der Waals surface area contributed by atoms with Gasteiger partial charge in [-0.3, -0.25) is 0 Å². The first kappa shape index (κ1) is 11.0. The van der Waals surface area contributed by atoms with Gasteiger partial charge in [-0.15, -0.1) is 0 Å². The van der Waals surface area contributed by atoms with Crippen molar-refractivity contribution >= 4 is 17.2 Å². The van der Waals surface area contributed by atoms with Gasteiger partial charge in [0.05, 0.1) is 0 Å². The molecule has 0 amide bonds. The van der Waals surface area contributed by atoms with Gasteiger partial charge in [-0.05, 0) is 24.3 Å². The van der Waals surface area contributed by atoms with E-state index in [4.69, 9.17) is 11.6 Å². The lowest BCUT2D eigenvalue weighted by atomic mass is 10.1. The van der Waals surface area contributed by atoms with Crippen molar-refractivity contribution in [3.8, 4) is 0 Å². The second-order valence-electron chi connectivity index (χ2n) is 3.16. The Bertz CT molecular complexity index is 483. The Kier molecular flexibility index (Phi) is 2.63. The van der Waals surface area contributed by atoms with Crippen LogP contribution in [0.1, 0.15) is 5.69 Å². The van der Waals surface area contributed by atoms with Gasteiger partial charge < -0.3 is 5.32 Å². The zero-order valence-electron chi connectivity index (χ0n) is 7.85. The highest BCUT2D eigenvalue weighted by molar-refractivity contribution is 6.24. The molecule has 1 atom stereocenters. The number of rotatable bonds is 1. The van der Waals surface area contributed by atoms with Gasteiger partial charge in [0, 0.05) is 11.8 Å². The maximum Gasteiger partial charge on any atom is 0.275 e. The van der Waals surface area contributed by atoms with Crippen LogP contribution in [0.4, 0.5) is 13.2 Å². The van der Waals surface area contributed by atoms with Crippen molar-refractivity contribution in [2.75, 3.05) is 0 Å². The normalized spacial score (nSPS) is 23.9. The molecule has 1 aromatic heterocycles. The SMILES string of the molecule is Fc1ccc(F)c(C2=CC(F)(Cl)NC=C2)n1. The Morgan fingerprint density at radius 1 is 1.31 bits per heavy atom. The van der Waals surface area contributed by atoms with Crippen LogP contribution in [0, 0.1) is 11.8 Å². The van der Waals surface area contributed by atoms with Crippen molar-refractivity contribution in [2.45, 2.75) is 5.25 Å². The third kappa shape index (κ3) is 2.19. The fourth-order valence-corrected chi connectivity index (χ4v) is 1.48. The van der Waals surface area contributed by atoms with E-state index in [9.17, 15) is 13.2 Å². The predicted molar refractivity (Wildman–Crippen MR) is 54.1 cm³/mol. The first-order chi connectivity index (χ1) is 7.48. The van der Waals surface area contributed by atoms with Crippen molar-refractivity contribution < 1.29 is 13.2 Å². The molecule has 0 aliphatic carbocycles. The second kappa shape index (κ2) is 3.83. The molecule has 6 heteroatoms. The molecule has 1 aliphatic rings. The molecule has 0 spiro atoms. The zero-order valence-corrected chi connectivity index (χ0v) is 8.60. The fourth-order valence-electron chi connectivity index (χ4n) is 1.30. The summed E-state index contributed by atoms with van der Waals surface area (Å²) in [6.45, 7) is 0. The number of alkyl halides is 2. The standard InChI is InChI=1S/C10H6ClF3N2/c11-10(14)5-6(3-4-15-10)9-7(12)1-2-8(13)16-9/h1-5,15H. The van der Waals surface area contributed by atoms with Crippen molar-refractivity contribution in [3.05, 3.63) is 47.9 Å². The van der Waals surface area contributed by atoms with Gasteiger partial charge in [0.2, 0.25) is 5.95 Å². The molecule has 16 heavy (non-hydrogen) atoms. The van der Waals surface area contributed by atoms with E-state index in [1.54, 1.807) is 0 Å². The summed E-state index contributed by atoms with van der Waals surface area (Å²) >= 11 is 5.36. The predicted octanol–water partition coefficient (Wildman–Crippen LogP) is 2.72. The molecule has 84 valence electrons. The summed E-state index contributed by atoms with van der Waals surface area (Å²) in [7, 11) is 0. The number of allylic oxidation sites excluding steroid dienone is 2. The summed E-state index contributed by atoms with van der Waals surface area (Å²) in [6, 6.07) is 1.80. The highest BCUT2D eigenvalue weighted by atomic mass is 35.5. The van der Waals surface area contributed by atoms with Gasteiger partial charge in [-0.1, -0.05) is 11.6 Å². The van der Waals surface area contributed by atoms with E-state index in [0.717, 1.165) is 18.2 Å². The molecule has 0 saturated carbocycles. The van der Waals surface area contributed by atoms with E-state index in [2.05, 4.69) is 10.3 Å². The molecule has 0 fully saturated rings. The zero-order chi connectivity index (χ0) is 11.8. The van der Waals surface area contributed by atoms with Gasteiger partial charge in [0.1, 0.15) is 11.5 Å². The van der Waals surface area contributed by atoms with Crippen molar-refractivity contribution in [3.63, 3.8) is 0 Å². The molecule has 0 saturated heterocycles. The summed E-state index contributed by atoms with van der Waals surface area (Å²) in [5, 5.41) is -0.125. The van der Waals surface area contributed by atoms with Gasteiger partial charge in [-0.25, -0.2) is 9.37 Å². The van der Waals surface area contributed by atoms with Crippen molar-refractivity contribution in [1.29, 1.82) is 0 Å². The molecule has 1 aliphatic heterocycles. The summed E-state index contributed by atoms with van der Waals surface area (Å²) in [4.78, 5) is 3.35. The van der Waals surface area contributed by atoms with Crippen LogP contribution in [0.5, 0.6) is 0 Å². The molecule has 2 nitrogen and oxygen atoms in total.